The van der Waals surface area contributed by atoms with E-state index in [1.54, 1.807) is 0 Å². The normalized spacial score (nSPS) is 13.6. The minimum atomic E-state index is 0.333. The molecule has 0 aromatic heterocycles. The molecule has 13 heavy (non-hydrogen) atoms. The summed E-state index contributed by atoms with van der Waals surface area (Å²) in [6.45, 7) is 9.35. The zero-order chi connectivity index (χ0) is 10.1. The van der Waals surface area contributed by atoms with E-state index in [1.165, 1.54) is 12.8 Å². The van der Waals surface area contributed by atoms with Crippen molar-refractivity contribution < 1.29 is 5.11 Å². The van der Waals surface area contributed by atoms with E-state index in [2.05, 4.69) is 25.7 Å². The van der Waals surface area contributed by atoms with Crippen molar-refractivity contribution >= 4 is 0 Å². The molecule has 0 rings (SSSR count). The van der Waals surface area contributed by atoms with Crippen molar-refractivity contribution in [1.29, 1.82) is 0 Å². The molecular weight excluding hydrogens is 162 g/mol. The Labute approximate surface area is 82.9 Å². The van der Waals surface area contributed by atoms with Crippen LogP contribution < -0.4 is 0 Å². The van der Waals surface area contributed by atoms with E-state index in [9.17, 15) is 0 Å². The maximum Gasteiger partial charge on any atom is 0.0431 e. The van der Waals surface area contributed by atoms with Crippen molar-refractivity contribution in [3.8, 4) is 0 Å². The molecule has 2 heteroatoms. The van der Waals surface area contributed by atoms with Crippen LogP contribution in [0.5, 0.6) is 0 Å². The highest BCUT2D eigenvalue weighted by Crippen LogP contribution is 2.07. The Morgan fingerprint density at radius 2 is 1.92 bits per heavy atom. The first-order valence-electron chi connectivity index (χ1n) is 5.61. The maximum absolute atomic E-state index is 8.68. The molecule has 0 aliphatic rings. The molecule has 0 aliphatic carbocycles. The lowest BCUT2D eigenvalue weighted by molar-refractivity contribution is 0.195. The molecule has 0 amide bonds. The molecular formula is C11H25NO. The van der Waals surface area contributed by atoms with Gasteiger partial charge in [0.2, 0.25) is 0 Å². The molecule has 1 atom stereocenters. The van der Waals surface area contributed by atoms with Crippen molar-refractivity contribution in [1.82, 2.24) is 4.90 Å². The van der Waals surface area contributed by atoms with Gasteiger partial charge in [-0.3, -0.25) is 0 Å². The summed E-state index contributed by atoms with van der Waals surface area (Å²) in [7, 11) is 0. The van der Waals surface area contributed by atoms with Gasteiger partial charge in [0.25, 0.3) is 0 Å². The van der Waals surface area contributed by atoms with Crippen LogP contribution in [0.25, 0.3) is 0 Å². The number of unbranched alkanes of at least 4 members (excludes halogenated alkanes) is 1. The summed E-state index contributed by atoms with van der Waals surface area (Å²) < 4.78 is 0. The van der Waals surface area contributed by atoms with Crippen molar-refractivity contribution in [3.05, 3.63) is 0 Å². The lowest BCUT2D eigenvalue weighted by atomic mass is 10.1. The average Bonchev–Trinajstić information content (AvgIpc) is 2.13. The van der Waals surface area contributed by atoms with Gasteiger partial charge < -0.3 is 10.0 Å². The fourth-order valence-corrected chi connectivity index (χ4v) is 1.72. The molecule has 80 valence electrons. The Kier molecular flexibility index (Phi) is 8.46. The van der Waals surface area contributed by atoms with Crippen molar-refractivity contribution in [2.24, 2.45) is 0 Å². The van der Waals surface area contributed by atoms with Crippen LogP contribution in [-0.4, -0.2) is 35.7 Å². The molecule has 0 spiro atoms. The molecule has 1 unspecified atom stereocenters. The Balaban J connectivity index is 3.60. The SMILES string of the molecule is CCCC(C)N(CC)CCCCO. The van der Waals surface area contributed by atoms with Gasteiger partial charge in [0.15, 0.2) is 0 Å². The van der Waals surface area contributed by atoms with Crippen LogP contribution in [0, 0.1) is 0 Å². The summed E-state index contributed by atoms with van der Waals surface area (Å²) in [5.74, 6) is 0. The number of rotatable bonds is 8. The van der Waals surface area contributed by atoms with E-state index in [1.807, 2.05) is 0 Å². The Hall–Kier alpha value is -0.0800. The monoisotopic (exact) mass is 187 g/mol. The molecule has 1 N–H and O–H groups in total. The quantitative estimate of drug-likeness (QED) is 0.589. The van der Waals surface area contributed by atoms with Crippen molar-refractivity contribution in [2.75, 3.05) is 19.7 Å². The Morgan fingerprint density at radius 1 is 1.23 bits per heavy atom. The average molecular weight is 187 g/mol. The topological polar surface area (TPSA) is 23.5 Å². The fraction of sp³-hybridized carbons (Fsp3) is 1.00. The summed E-state index contributed by atoms with van der Waals surface area (Å²) in [6.07, 6.45) is 4.61. The first kappa shape index (κ1) is 12.9. The van der Waals surface area contributed by atoms with Gasteiger partial charge in [0.05, 0.1) is 0 Å². The van der Waals surface area contributed by atoms with E-state index >= 15 is 0 Å². The number of aliphatic hydroxyl groups excluding tert-OH is 1. The van der Waals surface area contributed by atoms with Gasteiger partial charge in [-0.05, 0) is 39.3 Å². The second-order valence-corrected chi connectivity index (χ2v) is 3.70. The molecule has 0 bridgehead atoms. The van der Waals surface area contributed by atoms with E-state index < -0.39 is 0 Å². The smallest absolute Gasteiger partial charge is 0.0431 e. The second-order valence-electron chi connectivity index (χ2n) is 3.70. The summed E-state index contributed by atoms with van der Waals surface area (Å²) >= 11 is 0. The maximum atomic E-state index is 8.68. The predicted octanol–water partition coefficient (Wildman–Crippen LogP) is 2.27. The van der Waals surface area contributed by atoms with E-state index in [0.717, 1.165) is 25.9 Å². The number of aliphatic hydroxyl groups is 1. The lowest BCUT2D eigenvalue weighted by Gasteiger charge is -2.27. The number of hydrogen-bond donors (Lipinski definition) is 1. The van der Waals surface area contributed by atoms with Crippen LogP contribution in [0.3, 0.4) is 0 Å². The molecule has 0 aromatic rings. The predicted molar refractivity (Wildman–Crippen MR) is 57.9 cm³/mol. The van der Waals surface area contributed by atoms with Crippen LogP contribution in [0.2, 0.25) is 0 Å². The Morgan fingerprint density at radius 3 is 2.38 bits per heavy atom. The van der Waals surface area contributed by atoms with Gasteiger partial charge in [0.1, 0.15) is 0 Å². The van der Waals surface area contributed by atoms with Crippen molar-refractivity contribution in [3.63, 3.8) is 0 Å². The zero-order valence-electron chi connectivity index (χ0n) is 9.42. The van der Waals surface area contributed by atoms with Gasteiger partial charge in [-0.2, -0.15) is 0 Å². The van der Waals surface area contributed by atoms with Crippen molar-refractivity contribution in [2.45, 2.75) is 52.5 Å². The molecule has 0 fully saturated rings. The summed E-state index contributed by atoms with van der Waals surface area (Å²) in [5, 5.41) is 8.68. The Bertz CT molecular complexity index is 106. The number of hydrogen-bond acceptors (Lipinski definition) is 2. The highest BCUT2D eigenvalue weighted by Gasteiger charge is 2.09. The van der Waals surface area contributed by atoms with Crippen LogP contribution >= 0.6 is 0 Å². The highest BCUT2D eigenvalue weighted by molar-refractivity contribution is 4.65. The minimum absolute atomic E-state index is 0.333. The zero-order valence-corrected chi connectivity index (χ0v) is 9.42. The van der Waals surface area contributed by atoms with Gasteiger partial charge in [-0.1, -0.05) is 20.3 Å². The molecule has 0 aliphatic heterocycles. The molecule has 2 nitrogen and oxygen atoms in total. The lowest BCUT2D eigenvalue weighted by Crippen LogP contribution is -2.33. The fourth-order valence-electron chi connectivity index (χ4n) is 1.72. The summed E-state index contributed by atoms with van der Waals surface area (Å²) in [5.41, 5.74) is 0. The largest absolute Gasteiger partial charge is 0.396 e. The molecule has 0 saturated heterocycles. The van der Waals surface area contributed by atoms with Gasteiger partial charge in [-0.25, -0.2) is 0 Å². The van der Waals surface area contributed by atoms with E-state index in [4.69, 9.17) is 5.11 Å². The van der Waals surface area contributed by atoms with E-state index in [0.29, 0.717) is 12.6 Å². The van der Waals surface area contributed by atoms with Crippen LogP contribution in [0.4, 0.5) is 0 Å². The van der Waals surface area contributed by atoms with Gasteiger partial charge >= 0.3 is 0 Å². The standard InChI is InChI=1S/C11H25NO/c1-4-8-11(3)12(5-2)9-6-7-10-13/h11,13H,4-10H2,1-3H3. The molecule has 0 radical (unpaired) electrons. The van der Waals surface area contributed by atoms with Crippen LogP contribution in [0.1, 0.15) is 46.5 Å². The highest BCUT2D eigenvalue weighted by atomic mass is 16.2. The third-order valence-corrected chi connectivity index (χ3v) is 2.59. The summed E-state index contributed by atoms with van der Waals surface area (Å²) in [6, 6.07) is 0.702. The van der Waals surface area contributed by atoms with Crippen LogP contribution in [0.15, 0.2) is 0 Å². The van der Waals surface area contributed by atoms with Crippen LogP contribution in [-0.2, 0) is 0 Å². The molecule has 0 aromatic carbocycles. The first-order valence-corrected chi connectivity index (χ1v) is 5.61. The first-order chi connectivity index (χ1) is 6.26. The summed E-state index contributed by atoms with van der Waals surface area (Å²) in [4.78, 5) is 2.50. The molecule has 0 heterocycles. The minimum Gasteiger partial charge on any atom is -0.396 e. The third kappa shape index (κ3) is 6.05. The van der Waals surface area contributed by atoms with E-state index in [-0.39, 0.29) is 0 Å². The third-order valence-electron chi connectivity index (χ3n) is 2.59. The van der Waals surface area contributed by atoms with Gasteiger partial charge in [0, 0.05) is 12.6 Å². The van der Waals surface area contributed by atoms with Gasteiger partial charge in [-0.15, -0.1) is 0 Å². The number of nitrogens with zero attached hydrogens (tertiary/aromatic N) is 1. The molecule has 0 saturated carbocycles. The second kappa shape index (κ2) is 8.52.